The first kappa shape index (κ1) is 15.8. The van der Waals surface area contributed by atoms with Crippen LogP contribution in [0.1, 0.15) is 46.5 Å². The van der Waals surface area contributed by atoms with E-state index < -0.39 is 10.8 Å². The van der Waals surface area contributed by atoms with Gasteiger partial charge in [0.15, 0.2) is 5.78 Å². The van der Waals surface area contributed by atoms with Crippen LogP contribution in [-0.2, 0) is 9.59 Å². The average Bonchev–Trinajstić information content (AvgIpc) is 2.52. The summed E-state index contributed by atoms with van der Waals surface area (Å²) < 4.78 is 0. The van der Waals surface area contributed by atoms with Crippen molar-refractivity contribution in [3.8, 4) is 18.4 Å². The van der Waals surface area contributed by atoms with Crippen molar-refractivity contribution in [2.75, 3.05) is 0 Å². The maximum atomic E-state index is 12.4. The van der Waals surface area contributed by atoms with Gasteiger partial charge in [0.1, 0.15) is 11.9 Å². The topological polar surface area (TPSA) is 57.9 Å². The highest BCUT2D eigenvalue weighted by atomic mass is 16.1. The summed E-state index contributed by atoms with van der Waals surface area (Å²) in [7, 11) is 0. The Kier molecular flexibility index (Phi) is 3.21. The summed E-state index contributed by atoms with van der Waals surface area (Å²) in [5.41, 5.74) is -0.250. The van der Waals surface area contributed by atoms with E-state index >= 15 is 0 Å². The van der Waals surface area contributed by atoms with Crippen molar-refractivity contribution < 1.29 is 9.59 Å². The van der Waals surface area contributed by atoms with E-state index in [1.807, 2.05) is 19.9 Å². The predicted octanol–water partition coefficient (Wildman–Crippen LogP) is 3.37. The Bertz CT molecular complexity index is 755. The largest absolute Gasteiger partial charge is 0.299 e. The molecule has 0 radical (unpaired) electrons. The van der Waals surface area contributed by atoms with Crippen LogP contribution >= 0.6 is 0 Å². The Hall–Kier alpha value is -2.13. The zero-order valence-electron chi connectivity index (χ0n) is 13.9. The van der Waals surface area contributed by atoms with E-state index in [-0.39, 0.29) is 22.7 Å². The fourth-order valence-electron chi connectivity index (χ4n) is 5.13. The van der Waals surface area contributed by atoms with E-state index in [0.29, 0.717) is 18.6 Å². The number of fused-ring (bicyclic) bond motifs is 3. The molecule has 0 spiro atoms. The summed E-state index contributed by atoms with van der Waals surface area (Å²) in [6.07, 6.45) is 11.9. The Morgan fingerprint density at radius 1 is 1.26 bits per heavy atom. The van der Waals surface area contributed by atoms with Gasteiger partial charge in [-0.05, 0) is 48.3 Å². The van der Waals surface area contributed by atoms with Gasteiger partial charge in [0.2, 0.25) is 0 Å². The van der Waals surface area contributed by atoms with Gasteiger partial charge in [0.05, 0.1) is 11.0 Å². The number of ketones is 2. The van der Waals surface area contributed by atoms with Crippen LogP contribution in [0.15, 0.2) is 23.3 Å². The highest BCUT2D eigenvalue weighted by Gasteiger charge is 2.59. The number of hydrogen-bond donors (Lipinski definition) is 0. The van der Waals surface area contributed by atoms with Crippen LogP contribution in [0.25, 0.3) is 0 Å². The van der Waals surface area contributed by atoms with E-state index in [1.165, 1.54) is 0 Å². The number of terminal acetylenes is 1. The number of nitrogens with zero attached hydrogens (tertiary/aromatic N) is 1. The van der Waals surface area contributed by atoms with E-state index in [9.17, 15) is 14.9 Å². The first-order valence-electron chi connectivity index (χ1n) is 8.12. The summed E-state index contributed by atoms with van der Waals surface area (Å²) in [6, 6.07) is 1.97. The maximum Gasteiger partial charge on any atom is 0.196 e. The molecule has 0 saturated heterocycles. The van der Waals surface area contributed by atoms with Gasteiger partial charge in [-0.1, -0.05) is 26.7 Å². The summed E-state index contributed by atoms with van der Waals surface area (Å²) in [5.74, 6) is 3.08. The lowest BCUT2D eigenvalue weighted by Gasteiger charge is -2.58. The molecule has 0 aromatic carbocycles. The van der Waals surface area contributed by atoms with Crippen LogP contribution in [0.3, 0.4) is 0 Å². The quantitative estimate of drug-likeness (QED) is 0.645. The minimum Gasteiger partial charge on any atom is -0.299 e. The third kappa shape index (κ3) is 1.89. The Labute approximate surface area is 137 Å². The fraction of sp³-hybridized carbons (Fsp3) is 0.550. The van der Waals surface area contributed by atoms with Gasteiger partial charge in [-0.25, -0.2) is 0 Å². The van der Waals surface area contributed by atoms with Gasteiger partial charge < -0.3 is 0 Å². The lowest BCUT2D eigenvalue weighted by atomic mass is 9.44. The second-order valence-electron chi connectivity index (χ2n) is 7.86. The molecule has 3 unspecified atom stereocenters. The van der Waals surface area contributed by atoms with E-state index in [1.54, 1.807) is 12.2 Å². The molecule has 0 amide bonds. The minimum atomic E-state index is -0.652. The average molecular weight is 307 g/mol. The second kappa shape index (κ2) is 4.68. The normalized spacial score (nSPS) is 38.4. The van der Waals surface area contributed by atoms with E-state index in [4.69, 9.17) is 6.42 Å². The maximum absolute atomic E-state index is 12.4. The van der Waals surface area contributed by atoms with Crippen molar-refractivity contribution in [1.82, 2.24) is 0 Å². The number of nitriles is 1. The molecule has 3 nitrogen and oxygen atoms in total. The van der Waals surface area contributed by atoms with Gasteiger partial charge in [-0.2, -0.15) is 5.26 Å². The molecule has 3 atom stereocenters. The minimum absolute atomic E-state index is 0.139. The highest BCUT2D eigenvalue weighted by molar-refractivity contribution is 6.09. The first-order chi connectivity index (χ1) is 10.7. The summed E-state index contributed by atoms with van der Waals surface area (Å²) in [4.78, 5) is 24.7. The molecule has 0 aromatic rings. The van der Waals surface area contributed by atoms with Gasteiger partial charge >= 0.3 is 0 Å². The molecule has 0 N–H and O–H groups in total. The van der Waals surface area contributed by atoms with Crippen molar-refractivity contribution >= 4 is 11.6 Å². The Balaban J connectivity index is 2.18. The first-order valence-corrected chi connectivity index (χ1v) is 8.12. The third-order valence-electron chi connectivity index (χ3n) is 6.46. The number of rotatable bonds is 0. The van der Waals surface area contributed by atoms with Crippen LogP contribution in [0.5, 0.6) is 0 Å². The molecule has 3 rings (SSSR count). The molecule has 23 heavy (non-hydrogen) atoms. The lowest BCUT2D eigenvalue weighted by molar-refractivity contribution is -0.140. The smallest absolute Gasteiger partial charge is 0.196 e. The van der Waals surface area contributed by atoms with Crippen LogP contribution < -0.4 is 0 Å². The molecule has 118 valence electrons. The van der Waals surface area contributed by atoms with Crippen molar-refractivity contribution in [2.24, 2.45) is 22.2 Å². The van der Waals surface area contributed by atoms with Crippen LogP contribution in [-0.4, -0.2) is 11.6 Å². The van der Waals surface area contributed by atoms with Gasteiger partial charge in [0.25, 0.3) is 0 Å². The van der Waals surface area contributed by atoms with Crippen LogP contribution in [0, 0.1) is 45.8 Å². The number of Topliss-reactive ketones (excluding diaryl/α,β-unsaturated/α-hetero) is 1. The monoisotopic (exact) mass is 307 g/mol. The number of carbonyl (C=O) groups is 2. The summed E-state index contributed by atoms with van der Waals surface area (Å²) in [6.45, 7) is 6.17. The molecular weight excluding hydrogens is 286 g/mol. The summed E-state index contributed by atoms with van der Waals surface area (Å²) >= 11 is 0. The molecule has 3 aliphatic rings. The van der Waals surface area contributed by atoms with Gasteiger partial charge in [0, 0.05) is 11.8 Å². The van der Waals surface area contributed by atoms with E-state index in [0.717, 1.165) is 18.4 Å². The fourth-order valence-corrected chi connectivity index (χ4v) is 5.13. The van der Waals surface area contributed by atoms with E-state index in [2.05, 4.69) is 12.8 Å². The van der Waals surface area contributed by atoms with Crippen molar-refractivity contribution in [1.29, 1.82) is 5.26 Å². The molecule has 0 aliphatic heterocycles. The number of hydrogen-bond acceptors (Lipinski definition) is 3. The predicted molar refractivity (Wildman–Crippen MR) is 86.9 cm³/mol. The van der Waals surface area contributed by atoms with Crippen LogP contribution in [0.2, 0.25) is 0 Å². The molecule has 2 fully saturated rings. The van der Waals surface area contributed by atoms with Crippen molar-refractivity contribution in [2.45, 2.75) is 46.5 Å². The Morgan fingerprint density at radius 2 is 1.96 bits per heavy atom. The SMILES string of the molecule is C#CC12C=C(C#N)C(=O)C=C1C1(C)CCC(=O)C(C)(C)C1CC2. The lowest BCUT2D eigenvalue weighted by Crippen LogP contribution is -2.54. The van der Waals surface area contributed by atoms with Gasteiger partial charge in [-0.3, -0.25) is 9.59 Å². The molecule has 0 bridgehead atoms. The molecule has 3 heteroatoms. The Morgan fingerprint density at radius 3 is 2.57 bits per heavy atom. The number of carbonyl (C=O) groups excluding carboxylic acids is 2. The third-order valence-corrected chi connectivity index (χ3v) is 6.46. The van der Waals surface area contributed by atoms with Crippen molar-refractivity contribution in [3.05, 3.63) is 23.3 Å². The number of allylic oxidation sites excluding steroid dienone is 4. The second-order valence-corrected chi connectivity index (χ2v) is 7.86. The molecule has 2 saturated carbocycles. The zero-order chi connectivity index (χ0) is 17.0. The molecule has 0 aromatic heterocycles. The highest BCUT2D eigenvalue weighted by Crippen LogP contribution is 2.64. The van der Waals surface area contributed by atoms with Crippen LogP contribution in [0.4, 0.5) is 0 Å². The zero-order valence-corrected chi connectivity index (χ0v) is 13.9. The van der Waals surface area contributed by atoms with Gasteiger partial charge in [-0.15, -0.1) is 6.42 Å². The molecule has 3 aliphatic carbocycles. The standard InChI is InChI=1S/C20H21NO2/c1-5-20-9-6-15-18(2,3)17(23)7-8-19(15,4)16(20)10-14(22)13(11-20)12-21/h1,10-11,15H,6-9H2,2-4H3. The molecule has 0 heterocycles. The summed E-state index contributed by atoms with van der Waals surface area (Å²) in [5, 5.41) is 9.19. The van der Waals surface area contributed by atoms with Crippen molar-refractivity contribution in [3.63, 3.8) is 0 Å². The molecular formula is C20H21NO2.